The number of rotatable bonds is 8. The Morgan fingerprint density at radius 2 is 1.97 bits per heavy atom. The Morgan fingerprint density at radius 1 is 1.11 bits per heavy atom. The summed E-state index contributed by atoms with van der Waals surface area (Å²) < 4.78 is 10.4. The lowest BCUT2D eigenvalue weighted by atomic mass is 10.1. The molecule has 0 fully saturated rings. The molecule has 0 radical (unpaired) electrons. The van der Waals surface area contributed by atoms with Gasteiger partial charge in [0.05, 0.1) is 37.8 Å². The fraction of sp³-hybridized carbons (Fsp3) is 0.192. The number of benzene rings is 2. The van der Waals surface area contributed by atoms with Gasteiger partial charge in [-0.1, -0.05) is 30.0 Å². The molecular formula is C26H23N5O5S. The van der Waals surface area contributed by atoms with Gasteiger partial charge in [-0.3, -0.25) is 19.4 Å². The average Bonchev–Trinajstić information content (AvgIpc) is 3.54. The summed E-state index contributed by atoms with van der Waals surface area (Å²) in [4.78, 5) is 49.1. The van der Waals surface area contributed by atoms with Crippen molar-refractivity contribution in [1.29, 1.82) is 0 Å². The molecule has 2 N–H and O–H groups in total. The molecule has 1 aromatic heterocycles. The highest BCUT2D eigenvalue weighted by atomic mass is 32.2. The number of fused-ring (bicyclic) bond motifs is 3. The van der Waals surface area contributed by atoms with Crippen LogP contribution in [0, 0.1) is 0 Å². The number of anilines is 1. The number of para-hydroxylation sites is 1. The number of carbonyl (C=O) groups is 3. The summed E-state index contributed by atoms with van der Waals surface area (Å²) in [6.45, 7) is 0.223. The Morgan fingerprint density at radius 3 is 2.78 bits per heavy atom. The number of furan rings is 1. The molecule has 37 heavy (non-hydrogen) atoms. The molecule has 2 aliphatic rings. The van der Waals surface area contributed by atoms with E-state index in [0.717, 1.165) is 11.8 Å². The van der Waals surface area contributed by atoms with E-state index in [1.54, 1.807) is 43.5 Å². The monoisotopic (exact) mass is 517 g/mol. The van der Waals surface area contributed by atoms with Crippen molar-refractivity contribution in [3.05, 3.63) is 78.3 Å². The summed E-state index contributed by atoms with van der Waals surface area (Å²) in [5, 5.41) is 5.90. The predicted molar refractivity (Wildman–Crippen MR) is 140 cm³/mol. The minimum absolute atomic E-state index is 0.0174. The molecule has 3 heterocycles. The molecule has 0 aliphatic carbocycles. The number of amidine groups is 2. The number of amides is 3. The topological polar surface area (TPSA) is 126 Å². The molecule has 0 saturated heterocycles. The van der Waals surface area contributed by atoms with Gasteiger partial charge in [0.2, 0.25) is 11.8 Å². The lowest BCUT2D eigenvalue weighted by molar-refractivity contribution is -0.128. The van der Waals surface area contributed by atoms with Crippen LogP contribution in [0.4, 0.5) is 11.4 Å². The van der Waals surface area contributed by atoms with E-state index in [0.29, 0.717) is 39.5 Å². The largest absolute Gasteiger partial charge is 0.497 e. The Kier molecular flexibility index (Phi) is 7.04. The zero-order valence-corrected chi connectivity index (χ0v) is 20.7. The molecule has 0 bridgehead atoms. The number of nitrogens with one attached hydrogen (secondary N) is 2. The SMILES string of the molecule is COc1cccc(NC(=O)CSC2=Nc3ccccc3C3=N[C@@H](CC(=O)NCc4ccco4)C(=O)N23)c1. The maximum absolute atomic E-state index is 13.3. The van der Waals surface area contributed by atoms with Crippen molar-refractivity contribution in [2.24, 2.45) is 9.98 Å². The number of aliphatic imine (C=N–C) groups is 2. The predicted octanol–water partition coefficient (Wildman–Crippen LogP) is 3.33. The summed E-state index contributed by atoms with van der Waals surface area (Å²) in [5.74, 6) is 0.731. The van der Waals surface area contributed by atoms with Crippen LogP contribution < -0.4 is 15.4 Å². The highest BCUT2D eigenvalue weighted by Crippen LogP contribution is 2.34. The van der Waals surface area contributed by atoms with Crippen molar-refractivity contribution in [1.82, 2.24) is 10.2 Å². The Hall–Kier alpha value is -4.38. The second-order valence-corrected chi connectivity index (χ2v) is 9.13. The molecular weight excluding hydrogens is 494 g/mol. The average molecular weight is 518 g/mol. The summed E-state index contributed by atoms with van der Waals surface area (Å²) in [6, 6.07) is 17.0. The van der Waals surface area contributed by atoms with Crippen LogP contribution in [0.2, 0.25) is 0 Å². The van der Waals surface area contributed by atoms with Crippen LogP contribution >= 0.6 is 11.8 Å². The molecule has 3 aromatic rings. The van der Waals surface area contributed by atoms with Crippen LogP contribution in [0.3, 0.4) is 0 Å². The first-order chi connectivity index (χ1) is 18.0. The number of ether oxygens (including phenoxy) is 1. The van der Waals surface area contributed by atoms with Gasteiger partial charge < -0.3 is 19.8 Å². The molecule has 1 atom stereocenters. The molecule has 10 nitrogen and oxygen atoms in total. The van der Waals surface area contributed by atoms with Crippen molar-refractivity contribution < 1.29 is 23.5 Å². The van der Waals surface area contributed by atoms with Crippen LogP contribution in [0.25, 0.3) is 0 Å². The smallest absolute Gasteiger partial charge is 0.259 e. The molecule has 3 amide bonds. The molecule has 2 aliphatic heterocycles. The highest BCUT2D eigenvalue weighted by molar-refractivity contribution is 8.14. The Labute approximate surface area is 216 Å². The Bertz CT molecular complexity index is 1400. The molecule has 188 valence electrons. The van der Waals surface area contributed by atoms with Crippen LogP contribution in [-0.2, 0) is 20.9 Å². The first-order valence-electron chi connectivity index (χ1n) is 11.5. The minimum atomic E-state index is -0.894. The van der Waals surface area contributed by atoms with Gasteiger partial charge >= 0.3 is 0 Å². The van der Waals surface area contributed by atoms with Gasteiger partial charge in [0.15, 0.2) is 5.17 Å². The van der Waals surface area contributed by atoms with E-state index in [1.807, 2.05) is 24.3 Å². The second-order valence-electron chi connectivity index (χ2n) is 8.18. The van der Waals surface area contributed by atoms with Crippen molar-refractivity contribution in [3.8, 4) is 5.75 Å². The van der Waals surface area contributed by atoms with Gasteiger partial charge in [0.25, 0.3) is 5.91 Å². The molecule has 2 aromatic carbocycles. The van der Waals surface area contributed by atoms with Gasteiger partial charge in [0, 0.05) is 17.3 Å². The van der Waals surface area contributed by atoms with E-state index in [2.05, 4.69) is 20.6 Å². The lowest BCUT2D eigenvalue weighted by Gasteiger charge is -2.25. The third-order valence-electron chi connectivity index (χ3n) is 5.65. The van der Waals surface area contributed by atoms with E-state index in [-0.39, 0.29) is 36.4 Å². The maximum Gasteiger partial charge on any atom is 0.259 e. The zero-order chi connectivity index (χ0) is 25.8. The summed E-state index contributed by atoms with van der Waals surface area (Å²) in [5.41, 5.74) is 1.93. The molecule has 0 spiro atoms. The number of hydrogen-bond donors (Lipinski definition) is 2. The standard InChI is InChI=1S/C26H23N5O5S/c1-35-17-7-4-6-16(12-17)28-23(33)15-37-26-30-20-10-3-2-9-19(20)24-29-21(25(34)31(24)26)13-22(32)27-14-18-8-5-11-36-18/h2-12,21H,13-15H2,1H3,(H,27,32)(H,28,33)/t21-/m0/s1. The fourth-order valence-electron chi connectivity index (χ4n) is 3.91. The van der Waals surface area contributed by atoms with Gasteiger partial charge in [-0.2, -0.15) is 0 Å². The quantitative estimate of drug-likeness (QED) is 0.472. The highest BCUT2D eigenvalue weighted by Gasteiger charge is 2.42. The van der Waals surface area contributed by atoms with E-state index in [1.165, 1.54) is 11.2 Å². The van der Waals surface area contributed by atoms with E-state index in [4.69, 9.17) is 9.15 Å². The van der Waals surface area contributed by atoms with Crippen LogP contribution in [0.5, 0.6) is 5.75 Å². The van der Waals surface area contributed by atoms with Crippen molar-refractivity contribution >= 4 is 51.9 Å². The Balaban J connectivity index is 1.28. The van der Waals surface area contributed by atoms with Gasteiger partial charge in [-0.25, -0.2) is 9.89 Å². The summed E-state index contributed by atoms with van der Waals surface area (Å²) in [7, 11) is 1.55. The zero-order valence-electron chi connectivity index (χ0n) is 19.8. The number of carbonyl (C=O) groups excluding carboxylic acids is 3. The van der Waals surface area contributed by atoms with Gasteiger partial charge in [-0.05, 0) is 36.4 Å². The van der Waals surface area contributed by atoms with Gasteiger partial charge in [-0.15, -0.1) is 0 Å². The van der Waals surface area contributed by atoms with Crippen molar-refractivity contribution in [2.75, 3.05) is 18.2 Å². The van der Waals surface area contributed by atoms with Crippen LogP contribution in [0.1, 0.15) is 17.7 Å². The first kappa shape index (κ1) is 24.3. The van der Waals surface area contributed by atoms with Crippen LogP contribution in [-0.4, -0.2) is 52.5 Å². The second kappa shape index (κ2) is 10.7. The van der Waals surface area contributed by atoms with E-state index < -0.39 is 6.04 Å². The molecule has 0 saturated carbocycles. The van der Waals surface area contributed by atoms with Gasteiger partial charge in [0.1, 0.15) is 23.4 Å². The first-order valence-corrected chi connectivity index (χ1v) is 12.5. The van der Waals surface area contributed by atoms with Crippen molar-refractivity contribution in [3.63, 3.8) is 0 Å². The minimum Gasteiger partial charge on any atom is -0.497 e. The number of hydrogen-bond acceptors (Lipinski definition) is 8. The molecule has 11 heteroatoms. The number of thioether (sulfide) groups is 1. The molecule has 5 rings (SSSR count). The summed E-state index contributed by atoms with van der Waals surface area (Å²) >= 11 is 1.13. The summed E-state index contributed by atoms with van der Waals surface area (Å²) in [6.07, 6.45) is 1.41. The van der Waals surface area contributed by atoms with Crippen LogP contribution in [0.15, 0.2) is 81.3 Å². The lowest BCUT2D eigenvalue weighted by Crippen LogP contribution is -2.42. The molecule has 0 unspecified atom stereocenters. The fourth-order valence-corrected chi connectivity index (χ4v) is 4.71. The number of methoxy groups -OCH3 is 1. The number of nitrogens with zero attached hydrogens (tertiary/aromatic N) is 3. The third kappa shape index (κ3) is 5.41. The van der Waals surface area contributed by atoms with Crippen molar-refractivity contribution in [2.45, 2.75) is 19.0 Å². The third-order valence-corrected chi connectivity index (χ3v) is 6.59. The van der Waals surface area contributed by atoms with E-state index >= 15 is 0 Å². The van der Waals surface area contributed by atoms with E-state index in [9.17, 15) is 14.4 Å². The normalized spacial score (nSPS) is 15.9. The maximum atomic E-state index is 13.3.